The Morgan fingerprint density at radius 1 is 1.50 bits per heavy atom. The summed E-state index contributed by atoms with van der Waals surface area (Å²) in [5.41, 5.74) is -0.476. The smallest absolute Gasteiger partial charge is 0.387 e. The number of carbonyl (C=O) groups excluding carboxylic acids is 1. The van der Waals surface area contributed by atoms with Crippen molar-refractivity contribution in [3.8, 4) is 5.75 Å². The summed E-state index contributed by atoms with van der Waals surface area (Å²) in [6, 6.07) is 2.47. The van der Waals surface area contributed by atoms with Gasteiger partial charge in [0.25, 0.3) is 0 Å². The zero-order valence-electron chi connectivity index (χ0n) is 8.24. The van der Waals surface area contributed by atoms with Crippen LogP contribution in [0.15, 0.2) is 12.1 Å². The first-order valence-corrected chi connectivity index (χ1v) is 4.24. The van der Waals surface area contributed by atoms with Crippen molar-refractivity contribution in [3.05, 3.63) is 28.8 Å². The number of halogens is 2. The Morgan fingerprint density at radius 3 is 2.56 bits per heavy atom. The third kappa shape index (κ3) is 2.33. The zero-order valence-corrected chi connectivity index (χ0v) is 8.24. The highest BCUT2D eigenvalue weighted by atomic mass is 19.3. The lowest BCUT2D eigenvalue weighted by molar-refractivity contribution is -0.0506. The highest BCUT2D eigenvalue weighted by molar-refractivity contribution is 5.99. The van der Waals surface area contributed by atoms with Crippen molar-refractivity contribution in [3.63, 3.8) is 0 Å². The fourth-order valence-corrected chi connectivity index (χ4v) is 1.26. The first-order chi connectivity index (χ1) is 7.47. The third-order valence-corrected chi connectivity index (χ3v) is 1.95. The largest absolute Gasteiger partial charge is 0.478 e. The maximum Gasteiger partial charge on any atom is 0.387 e. The monoisotopic (exact) mass is 230 g/mol. The summed E-state index contributed by atoms with van der Waals surface area (Å²) in [5, 5.41) is 8.74. The molecule has 0 fully saturated rings. The molecule has 1 aromatic carbocycles. The first-order valence-electron chi connectivity index (χ1n) is 4.24. The van der Waals surface area contributed by atoms with Gasteiger partial charge in [-0.25, -0.2) is 4.79 Å². The molecular weight excluding hydrogens is 222 g/mol. The van der Waals surface area contributed by atoms with Crippen molar-refractivity contribution in [2.75, 3.05) is 0 Å². The molecule has 0 atom stereocenters. The van der Waals surface area contributed by atoms with Gasteiger partial charge < -0.3 is 9.84 Å². The summed E-state index contributed by atoms with van der Waals surface area (Å²) in [4.78, 5) is 21.4. The van der Waals surface area contributed by atoms with Gasteiger partial charge in [0.2, 0.25) is 0 Å². The second-order valence-corrected chi connectivity index (χ2v) is 2.97. The lowest BCUT2D eigenvalue weighted by Crippen LogP contribution is -2.10. The van der Waals surface area contributed by atoms with Crippen LogP contribution >= 0.6 is 0 Å². The molecule has 16 heavy (non-hydrogen) atoms. The average molecular weight is 230 g/mol. The van der Waals surface area contributed by atoms with Gasteiger partial charge in [-0.1, -0.05) is 6.07 Å². The average Bonchev–Trinajstić information content (AvgIpc) is 2.19. The number of carboxylic acid groups (broad SMARTS) is 1. The molecule has 0 aliphatic carbocycles. The zero-order chi connectivity index (χ0) is 12.3. The van der Waals surface area contributed by atoms with E-state index in [2.05, 4.69) is 4.74 Å². The Bertz CT molecular complexity index is 429. The molecule has 0 aromatic heterocycles. The molecule has 0 aliphatic rings. The van der Waals surface area contributed by atoms with Gasteiger partial charge in [-0.05, 0) is 18.6 Å². The van der Waals surface area contributed by atoms with E-state index < -0.39 is 18.3 Å². The van der Waals surface area contributed by atoms with E-state index in [0.29, 0.717) is 0 Å². The van der Waals surface area contributed by atoms with Crippen LogP contribution in [0.3, 0.4) is 0 Å². The Morgan fingerprint density at radius 2 is 2.12 bits per heavy atom. The Kier molecular flexibility index (Phi) is 3.55. The van der Waals surface area contributed by atoms with Crippen LogP contribution in [0.4, 0.5) is 8.78 Å². The van der Waals surface area contributed by atoms with E-state index >= 15 is 0 Å². The number of hydrogen-bond donors (Lipinski definition) is 1. The molecule has 0 aliphatic heterocycles. The number of ether oxygens (including phenoxy) is 1. The van der Waals surface area contributed by atoms with Gasteiger partial charge in [0.15, 0.2) is 6.29 Å². The van der Waals surface area contributed by atoms with Gasteiger partial charge in [0.05, 0.1) is 11.1 Å². The lowest BCUT2D eigenvalue weighted by atomic mass is 10.0. The Hall–Kier alpha value is -1.98. The maximum absolute atomic E-state index is 12.1. The van der Waals surface area contributed by atoms with Gasteiger partial charge in [-0.2, -0.15) is 8.78 Å². The van der Waals surface area contributed by atoms with Crippen LogP contribution in [-0.2, 0) is 0 Å². The van der Waals surface area contributed by atoms with Crippen molar-refractivity contribution in [2.45, 2.75) is 13.5 Å². The Labute approximate surface area is 89.5 Å². The van der Waals surface area contributed by atoms with Crippen LogP contribution in [0.25, 0.3) is 0 Å². The molecule has 0 spiro atoms. The lowest BCUT2D eigenvalue weighted by Gasteiger charge is -2.11. The molecule has 0 bridgehead atoms. The SMILES string of the molecule is Cc1ccc(C(=O)O)c(C=O)c1OC(F)F. The number of aldehydes is 1. The quantitative estimate of drug-likeness (QED) is 0.804. The first kappa shape index (κ1) is 12.1. The summed E-state index contributed by atoms with van der Waals surface area (Å²) >= 11 is 0. The standard InChI is InChI=1S/C10H8F2O4/c1-5-2-3-6(9(14)15)7(4-13)8(5)16-10(11)12/h2-4,10H,1H3,(H,14,15). The highest BCUT2D eigenvalue weighted by Crippen LogP contribution is 2.27. The molecule has 0 saturated heterocycles. The molecule has 0 amide bonds. The van der Waals surface area contributed by atoms with Crippen molar-refractivity contribution in [1.29, 1.82) is 0 Å². The van der Waals surface area contributed by atoms with Crippen LogP contribution in [0, 0.1) is 6.92 Å². The van der Waals surface area contributed by atoms with Crippen LogP contribution < -0.4 is 4.74 Å². The number of hydrogen-bond acceptors (Lipinski definition) is 3. The summed E-state index contributed by atoms with van der Waals surface area (Å²) in [5.74, 6) is -1.77. The maximum atomic E-state index is 12.1. The summed E-state index contributed by atoms with van der Waals surface area (Å²) in [7, 11) is 0. The van der Waals surface area contributed by atoms with E-state index in [1.807, 2.05) is 0 Å². The van der Waals surface area contributed by atoms with Crippen LogP contribution in [0.2, 0.25) is 0 Å². The minimum atomic E-state index is -3.11. The highest BCUT2D eigenvalue weighted by Gasteiger charge is 2.19. The van der Waals surface area contributed by atoms with E-state index in [4.69, 9.17) is 5.11 Å². The molecule has 86 valence electrons. The van der Waals surface area contributed by atoms with Gasteiger partial charge in [0, 0.05) is 0 Å². The van der Waals surface area contributed by atoms with Gasteiger partial charge in [0.1, 0.15) is 5.75 Å². The number of aryl methyl sites for hydroxylation is 1. The summed E-state index contributed by atoms with van der Waals surface area (Å²) in [6.45, 7) is -1.67. The van der Waals surface area contributed by atoms with Crippen molar-refractivity contribution < 1.29 is 28.2 Å². The predicted octanol–water partition coefficient (Wildman–Crippen LogP) is 2.11. The van der Waals surface area contributed by atoms with E-state index in [9.17, 15) is 18.4 Å². The second-order valence-electron chi connectivity index (χ2n) is 2.97. The van der Waals surface area contributed by atoms with E-state index in [-0.39, 0.29) is 23.0 Å². The molecular formula is C10H8F2O4. The fourth-order valence-electron chi connectivity index (χ4n) is 1.26. The number of aromatic carboxylic acids is 1. The minimum Gasteiger partial charge on any atom is -0.478 e. The summed E-state index contributed by atoms with van der Waals surface area (Å²) in [6.07, 6.45) is 0.189. The number of rotatable bonds is 4. The molecule has 1 rings (SSSR count). The van der Waals surface area contributed by atoms with E-state index in [1.54, 1.807) is 0 Å². The molecule has 4 nitrogen and oxygen atoms in total. The van der Waals surface area contributed by atoms with Crippen LogP contribution in [0.5, 0.6) is 5.75 Å². The number of carbonyl (C=O) groups is 2. The molecule has 1 aromatic rings. The van der Waals surface area contributed by atoms with Crippen LogP contribution in [0.1, 0.15) is 26.3 Å². The molecule has 1 N–H and O–H groups in total. The number of carboxylic acids is 1. The van der Waals surface area contributed by atoms with E-state index in [0.717, 1.165) is 0 Å². The van der Waals surface area contributed by atoms with Crippen molar-refractivity contribution >= 4 is 12.3 Å². The summed E-state index contributed by atoms with van der Waals surface area (Å²) < 4.78 is 28.3. The predicted molar refractivity (Wildman–Crippen MR) is 50.2 cm³/mol. The van der Waals surface area contributed by atoms with Crippen molar-refractivity contribution in [2.24, 2.45) is 0 Å². The molecule has 0 radical (unpaired) electrons. The topological polar surface area (TPSA) is 63.6 Å². The van der Waals surface area contributed by atoms with Crippen molar-refractivity contribution in [1.82, 2.24) is 0 Å². The third-order valence-electron chi connectivity index (χ3n) is 1.95. The molecule has 0 saturated carbocycles. The second kappa shape index (κ2) is 4.69. The Balaban J connectivity index is 3.38. The molecule has 6 heteroatoms. The van der Waals surface area contributed by atoms with Gasteiger partial charge in [-0.3, -0.25) is 4.79 Å². The van der Waals surface area contributed by atoms with E-state index in [1.165, 1.54) is 19.1 Å². The fraction of sp³-hybridized carbons (Fsp3) is 0.200. The van der Waals surface area contributed by atoms with Gasteiger partial charge >= 0.3 is 12.6 Å². The molecule has 0 unspecified atom stereocenters. The number of alkyl halides is 2. The normalized spacial score (nSPS) is 10.2. The number of benzene rings is 1. The molecule has 0 heterocycles. The van der Waals surface area contributed by atoms with Crippen LogP contribution in [-0.4, -0.2) is 24.0 Å². The van der Waals surface area contributed by atoms with Gasteiger partial charge in [-0.15, -0.1) is 0 Å². The minimum absolute atomic E-state index is 0.189.